The van der Waals surface area contributed by atoms with Crippen LogP contribution in [0.15, 0.2) is 28.9 Å². The SMILES string of the molecule is NCc1occ(-c2ccc(Cl)cc2[N+](=O)[O-])c1CC(CN)C(N)=O. The highest BCUT2D eigenvalue weighted by Gasteiger charge is 2.25. The van der Waals surface area contributed by atoms with Gasteiger partial charge in [-0.05, 0) is 18.6 Å². The van der Waals surface area contributed by atoms with E-state index in [1.165, 1.54) is 24.5 Å². The van der Waals surface area contributed by atoms with Crippen LogP contribution in [0.4, 0.5) is 5.69 Å². The van der Waals surface area contributed by atoms with E-state index in [-0.39, 0.29) is 30.2 Å². The fourth-order valence-electron chi connectivity index (χ4n) is 2.47. The molecule has 0 aliphatic carbocycles. The summed E-state index contributed by atoms with van der Waals surface area (Å²) in [4.78, 5) is 22.3. The standard InChI is InChI=1S/C15H17ClN4O4/c16-9-1-2-10(13(4-9)20(22)23)12-7-24-14(6-18)11(12)3-8(5-17)15(19)21/h1-2,4,7-8H,3,5-6,17-18H2,(H2,19,21). The third-order valence-corrected chi connectivity index (χ3v) is 3.99. The Balaban J connectivity index is 2.58. The number of nitrogens with zero attached hydrogens (tertiary/aromatic N) is 1. The number of nitrogens with two attached hydrogens (primary N) is 3. The number of hydrogen-bond acceptors (Lipinski definition) is 6. The molecule has 0 bridgehead atoms. The number of halogens is 1. The van der Waals surface area contributed by atoms with Gasteiger partial charge >= 0.3 is 0 Å². The van der Waals surface area contributed by atoms with Crippen molar-refractivity contribution < 1.29 is 14.1 Å². The fraction of sp³-hybridized carbons (Fsp3) is 0.267. The zero-order chi connectivity index (χ0) is 17.9. The molecule has 2 rings (SSSR count). The van der Waals surface area contributed by atoms with E-state index in [1.54, 1.807) is 0 Å². The van der Waals surface area contributed by atoms with Crippen LogP contribution >= 0.6 is 11.6 Å². The van der Waals surface area contributed by atoms with Crippen LogP contribution in [0.25, 0.3) is 11.1 Å². The molecule has 0 aliphatic rings. The summed E-state index contributed by atoms with van der Waals surface area (Å²) < 4.78 is 5.42. The van der Waals surface area contributed by atoms with Crippen molar-refractivity contribution in [3.63, 3.8) is 0 Å². The number of carbonyl (C=O) groups excluding carboxylic acids is 1. The van der Waals surface area contributed by atoms with E-state index >= 15 is 0 Å². The van der Waals surface area contributed by atoms with Gasteiger partial charge < -0.3 is 21.6 Å². The summed E-state index contributed by atoms with van der Waals surface area (Å²) in [7, 11) is 0. The van der Waals surface area contributed by atoms with E-state index in [0.29, 0.717) is 22.5 Å². The zero-order valence-corrected chi connectivity index (χ0v) is 13.5. The molecule has 0 spiro atoms. The number of hydrogen-bond donors (Lipinski definition) is 3. The van der Waals surface area contributed by atoms with Crippen molar-refractivity contribution in [2.45, 2.75) is 13.0 Å². The number of rotatable bonds is 7. The molecule has 8 nitrogen and oxygen atoms in total. The lowest BCUT2D eigenvalue weighted by atomic mass is 9.92. The van der Waals surface area contributed by atoms with Crippen LogP contribution in [0, 0.1) is 16.0 Å². The molecule has 0 fully saturated rings. The molecule has 1 heterocycles. The molecule has 1 atom stereocenters. The lowest BCUT2D eigenvalue weighted by molar-refractivity contribution is -0.384. The van der Waals surface area contributed by atoms with Gasteiger partial charge in [-0.25, -0.2) is 0 Å². The van der Waals surface area contributed by atoms with E-state index < -0.39 is 16.7 Å². The first kappa shape index (κ1) is 17.9. The first-order chi connectivity index (χ1) is 11.4. The molecule has 1 aromatic heterocycles. The highest BCUT2D eigenvalue weighted by atomic mass is 35.5. The van der Waals surface area contributed by atoms with Crippen molar-refractivity contribution in [3.05, 3.63) is 50.9 Å². The van der Waals surface area contributed by atoms with Crippen LogP contribution in [0.1, 0.15) is 11.3 Å². The first-order valence-electron chi connectivity index (χ1n) is 7.12. The lowest BCUT2D eigenvalue weighted by Crippen LogP contribution is -2.31. The normalized spacial score (nSPS) is 12.1. The van der Waals surface area contributed by atoms with Gasteiger partial charge in [0.1, 0.15) is 5.76 Å². The van der Waals surface area contributed by atoms with E-state index in [4.69, 9.17) is 33.2 Å². The number of furan rings is 1. The predicted octanol–water partition coefficient (Wildman–Crippen LogP) is 1.57. The number of nitro benzene ring substituents is 1. The molecular formula is C15H17ClN4O4. The van der Waals surface area contributed by atoms with E-state index in [9.17, 15) is 14.9 Å². The van der Waals surface area contributed by atoms with Crippen molar-refractivity contribution >= 4 is 23.2 Å². The van der Waals surface area contributed by atoms with Gasteiger partial charge in [-0.1, -0.05) is 11.6 Å². The van der Waals surface area contributed by atoms with Crippen molar-refractivity contribution in [1.82, 2.24) is 0 Å². The van der Waals surface area contributed by atoms with Crippen molar-refractivity contribution in [3.8, 4) is 11.1 Å². The monoisotopic (exact) mass is 352 g/mol. The number of amides is 1. The van der Waals surface area contributed by atoms with Crippen molar-refractivity contribution in [2.75, 3.05) is 6.54 Å². The molecule has 24 heavy (non-hydrogen) atoms. The number of nitro groups is 1. The quantitative estimate of drug-likeness (QED) is 0.508. The molecular weight excluding hydrogens is 336 g/mol. The fourth-order valence-corrected chi connectivity index (χ4v) is 2.64. The van der Waals surface area contributed by atoms with Crippen LogP contribution in [0.3, 0.4) is 0 Å². The Hall–Kier alpha value is -2.42. The maximum absolute atomic E-state index is 11.5. The van der Waals surface area contributed by atoms with Gasteiger partial charge in [0.25, 0.3) is 5.69 Å². The van der Waals surface area contributed by atoms with E-state index in [2.05, 4.69) is 0 Å². The summed E-state index contributed by atoms with van der Waals surface area (Å²) in [6.07, 6.45) is 1.56. The van der Waals surface area contributed by atoms with Crippen molar-refractivity contribution in [2.24, 2.45) is 23.1 Å². The molecule has 1 aromatic carbocycles. The van der Waals surface area contributed by atoms with Gasteiger partial charge in [-0.15, -0.1) is 0 Å². The van der Waals surface area contributed by atoms with Crippen LogP contribution in [-0.4, -0.2) is 17.4 Å². The highest BCUT2D eigenvalue weighted by Crippen LogP contribution is 2.37. The van der Waals surface area contributed by atoms with Gasteiger partial charge in [0.05, 0.1) is 29.2 Å². The molecule has 128 valence electrons. The Kier molecular flexibility index (Phi) is 5.55. The maximum atomic E-state index is 11.5. The van der Waals surface area contributed by atoms with Gasteiger partial charge in [-0.3, -0.25) is 14.9 Å². The van der Waals surface area contributed by atoms with Crippen molar-refractivity contribution in [1.29, 1.82) is 0 Å². The summed E-state index contributed by atoms with van der Waals surface area (Å²) in [6.45, 7) is 0.124. The second-order valence-electron chi connectivity index (χ2n) is 5.21. The molecule has 1 unspecified atom stereocenters. The highest BCUT2D eigenvalue weighted by molar-refractivity contribution is 6.31. The third-order valence-electron chi connectivity index (χ3n) is 3.75. The second kappa shape index (κ2) is 7.43. The molecule has 0 aliphatic heterocycles. The predicted molar refractivity (Wildman–Crippen MR) is 89.1 cm³/mol. The Morgan fingerprint density at radius 2 is 2.04 bits per heavy atom. The summed E-state index contributed by atoms with van der Waals surface area (Å²) in [5.74, 6) is -0.759. The molecule has 0 saturated carbocycles. The minimum atomic E-state index is -0.627. The minimum absolute atomic E-state index is 0.0483. The second-order valence-corrected chi connectivity index (χ2v) is 5.65. The average molecular weight is 353 g/mol. The summed E-state index contributed by atoms with van der Waals surface area (Å²) >= 11 is 5.84. The Morgan fingerprint density at radius 1 is 1.33 bits per heavy atom. The smallest absolute Gasteiger partial charge is 0.278 e. The summed E-state index contributed by atoms with van der Waals surface area (Å²) in [5, 5.41) is 11.6. The molecule has 2 aromatic rings. The lowest BCUT2D eigenvalue weighted by Gasteiger charge is -2.12. The number of benzene rings is 1. The van der Waals surface area contributed by atoms with Crippen LogP contribution < -0.4 is 17.2 Å². The topological polar surface area (TPSA) is 151 Å². The maximum Gasteiger partial charge on any atom is 0.278 e. The Morgan fingerprint density at radius 3 is 2.58 bits per heavy atom. The molecule has 6 N–H and O–H groups in total. The third kappa shape index (κ3) is 3.56. The molecule has 0 radical (unpaired) electrons. The van der Waals surface area contributed by atoms with Gasteiger partial charge in [-0.2, -0.15) is 0 Å². The summed E-state index contributed by atoms with van der Waals surface area (Å²) in [5.41, 5.74) is 17.8. The van der Waals surface area contributed by atoms with Gasteiger partial charge in [0, 0.05) is 28.8 Å². The molecule has 1 amide bonds. The largest absolute Gasteiger partial charge is 0.467 e. The number of primary amides is 1. The van der Waals surface area contributed by atoms with Gasteiger partial charge in [0.2, 0.25) is 5.91 Å². The average Bonchev–Trinajstić information content (AvgIpc) is 2.94. The van der Waals surface area contributed by atoms with Gasteiger partial charge in [0.15, 0.2) is 0 Å². The van der Waals surface area contributed by atoms with Crippen LogP contribution in [0.5, 0.6) is 0 Å². The van der Waals surface area contributed by atoms with Crippen LogP contribution in [-0.2, 0) is 17.8 Å². The Labute approximate surface area is 142 Å². The first-order valence-corrected chi connectivity index (χ1v) is 7.49. The van der Waals surface area contributed by atoms with E-state index in [1.807, 2.05) is 0 Å². The van der Waals surface area contributed by atoms with Crippen LogP contribution in [0.2, 0.25) is 5.02 Å². The number of carbonyl (C=O) groups is 1. The molecule has 9 heteroatoms. The molecule has 0 saturated heterocycles. The summed E-state index contributed by atoms with van der Waals surface area (Å²) in [6, 6.07) is 4.32. The minimum Gasteiger partial charge on any atom is -0.467 e. The zero-order valence-electron chi connectivity index (χ0n) is 12.7. The Bertz CT molecular complexity index is 775. The van der Waals surface area contributed by atoms with E-state index in [0.717, 1.165) is 0 Å².